The van der Waals surface area contributed by atoms with Crippen molar-refractivity contribution in [2.45, 2.75) is 26.4 Å². The summed E-state index contributed by atoms with van der Waals surface area (Å²) in [5, 5.41) is 10.7. The molecule has 0 saturated heterocycles. The van der Waals surface area contributed by atoms with Gasteiger partial charge in [0.15, 0.2) is 5.96 Å². The lowest BCUT2D eigenvalue weighted by Crippen LogP contribution is -2.39. The van der Waals surface area contributed by atoms with Crippen molar-refractivity contribution in [2.24, 2.45) is 4.99 Å². The number of hydrogen-bond donors (Lipinski definition) is 2. The van der Waals surface area contributed by atoms with Crippen molar-refractivity contribution in [3.8, 4) is 0 Å². The molecule has 1 aromatic carbocycles. The lowest BCUT2D eigenvalue weighted by atomic mass is 10.1. The smallest absolute Gasteiger partial charge is 0.223 e. The van der Waals surface area contributed by atoms with Crippen LogP contribution >= 0.6 is 0 Å². The first-order chi connectivity index (χ1) is 12.6. The Kier molecular flexibility index (Phi) is 7.67. The summed E-state index contributed by atoms with van der Waals surface area (Å²) in [6, 6.07) is 10.2. The summed E-state index contributed by atoms with van der Waals surface area (Å²) in [6.45, 7) is 4.63. The van der Waals surface area contributed by atoms with E-state index < -0.39 is 0 Å². The SMILES string of the molecule is CCNC(=NCc1ccccc1Cn1cccn1)NCCC(=O)N(C)C. The Morgan fingerprint density at radius 2 is 1.96 bits per heavy atom. The highest BCUT2D eigenvalue weighted by Crippen LogP contribution is 2.11. The van der Waals surface area contributed by atoms with Crippen LogP contribution in [0.4, 0.5) is 0 Å². The molecule has 0 radical (unpaired) electrons. The van der Waals surface area contributed by atoms with Gasteiger partial charge in [-0.05, 0) is 24.1 Å². The van der Waals surface area contributed by atoms with Crippen molar-refractivity contribution in [3.05, 3.63) is 53.9 Å². The topological polar surface area (TPSA) is 74.5 Å². The van der Waals surface area contributed by atoms with E-state index in [1.807, 2.05) is 36.0 Å². The molecule has 0 aliphatic heterocycles. The van der Waals surface area contributed by atoms with Crippen LogP contribution in [0.1, 0.15) is 24.5 Å². The molecule has 0 aliphatic rings. The first-order valence-electron chi connectivity index (χ1n) is 8.86. The van der Waals surface area contributed by atoms with E-state index in [1.54, 1.807) is 25.2 Å². The molecule has 1 amide bonds. The Morgan fingerprint density at radius 3 is 2.62 bits per heavy atom. The van der Waals surface area contributed by atoms with Crippen molar-refractivity contribution in [1.82, 2.24) is 25.3 Å². The fourth-order valence-electron chi connectivity index (χ4n) is 2.45. The summed E-state index contributed by atoms with van der Waals surface area (Å²) in [7, 11) is 3.52. The molecule has 2 N–H and O–H groups in total. The number of aliphatic imine (C=N–C) groups is 1. The maximum Gasteiger partial charge on any atom is 0.223 e. The quantitative estimate of drug-likeness (QED) is 0.555. The Hall–Kier alpha value is -2.83. The molecule has 0 atom stereocenters. The van der Waals surface area contributed by atoms with Crippen LogP contribution in [-0.4, -0.2) is 53.7 Å². The van der Waals surface area contributed by atoms with Gasteiger partial charge in [0.25, 0.3) is 0 Å². The van der Waals surface area contributed by atoms with Gasteiger partial charge in [0.2, 0.25) is 5.91 Å². The molecule has 0 bridgehead atoms. The average Bonchev–Trinajstić information content (AvgIpc) is 3.13. The van der Waals surface area contributed by atoms with Gasteiger partial charge >= 0.3 is 0 Å². The summed E-state index contributed by atoms with van der Waals surface area (Å²) in [4.78, 5) is 17.9. The molecular formula is C19H28N6O. The van der Waals surface area contributed by atoms with Crippen molar-refractivity contribution in [1.29, 1.82) is 0 Å². The third-order valence-corrected chi connectivity index (χ3v) is 3.89. The highest BCUT2D eigenvalue weighted by atomic mass is 16.2. The minimum atomic E-state index is 0.0953. The molecule has 7 nitrogen and oxygen atoms in total. The van der Waals surface area contributed by atoms with Crippen LogP contribution < -0.4 is 10.6 Å². The number of benzene rings is 1. The summed E-state index contributed by atoms with van der Waals surface area (Å²) in [5.74, 6) is 0.811. The molecule has 0 saturated carbocycles. The van der Waals surface area contributed by atoms with Crippen molar-refractivity contribution in [3.63, 3.8) is 0 Å². The van der Waals surface area contributed by atoms with Crippen LogP contribution in [0.5, 0.6) is 0 Å². The van der Waals surface area contributed by atoms with Gasteiger partial charge in [-0.1, -0.05) is 24.3 Å². The van der Waals surface area contributed by atoms with Gasteiger partial charge in [0, 0.05) is 46.0 Å². The van der Waals surface area contributed by atoms with E-state index in [9.17, 15) is 4.79 Å². The van der Waals surface area contributed by atoms with Gasteiger partial charge < -0.3 is 15.5 Å². The van der Waals surface area contributed by atoms with Gasteiger partial charge in [-0.3, -0.25) is 9.48 Å². The van der Waals surface area contributed by atoms with Crippen molar-refractivity contribution >= 4 is 11.9 Å². The number of carbonyl (C=O) groups excluding carboxylic acids is 1. The fourth-order valence-corrected chi connectivity index (χ4v) is 2.45. The van der Waals surface area contributed by atoms with Gasteiger partial charge in [0.05, 0.1) is 13.1 Å². The molecule has 26 heavy (non-hydrogen) atoms. The maximum absolute atomic E-state index is 11.7. The van der Waals surface area contributed by atoms with E-state index in [4.69, 9.17) is 0 Å². The van der Waals surface area contributed by atoms with E-state index in [-0.39, 0.29) is 5.91 Å². The predicted octanol–water partition coefficient (Wildman–Crippen LogP) is 1.46. The molecule has 0 aliphatic carbocycles. The number of hydrogen-bond acceptors (Lipinski definition) is 3. The molecule has 0 spiro atoms. The highest BCUT2D eigenvalue weighted by molar-refractivity contribution is 5.81. The van der Waals surface area contributed by atoms with Crippen LogP contribution in [0, 0.1) is 0 Å². The molecule has 0 fully saturated rings. The van der Waals surface area contributed by atoms with Crippen LogP contribution in [0.25, 0.3) is 0 Å². The largest absolute Gasteiger partial charge is 0.357 e. The number of amides is 1. The van der Waals surface area contributed by atoms with Crippen molar-refractivity contribution < 1.29 is 4.79 Å². The molecule has 2 aromatic rings. The van der Waals surface area contributed by atoms with Crippen LogP contribution in [0.15, 0.2) is 47.7 Å². The summed E-state index contributed by atoms with van der Waals surface area (Å²) < 4.78 is 1.90. The molecule has 1 aromatic heterocycles. The standard InChI is InChI=1S/C19H28N6O/c1-4-20-19(21-12-10-18(26)24(2)3)22-14-16-8-5-6-9-17(16)15-25-13-7-11-23-25/h5-9,11,13H,4,10,12,14-15H2,1-3H3,(H2,20,21,22). The van der Waals surface area contributed by atoms with E-state index >= 15 is 0 Å². The Morgan fingerprint density at radius 1 is 1.19 bits per heavy atom. The number of nitrogens with zero attached hydrogens (tertiary/aromatic N) is 4. The number of carbonyl (C=O) groups is 1. The normalized spacial score (nSPS) is 11.3. The number of rotatable bonds is 8. The lowest BCUT2D eigenvalue weighted by molar-refractivity contribution is -0.128. The van der Waals surface area contributed by atoms with Crippen LogP contribution in [0.2, 0.25) is 0 Å². The molecular weight excluding hydrogens is 328 g/mol. The Bertz CT molecular complexity index is 709. The zero-order valence-corrected chi connectivity index (χ0v) is 15.8. The number of aromatic nitrogens is 2. The second kappa shape index (κ2) is 10.2. The average molecular weight is 356 g/mol. The van der Waals surface area contributed by atoms with E-state index in [0.717, 1.165) is 18.7 Å². The molecule has 140 valence electrons. The first kappa shape index (κ1) is 19.5. The summed E-state index contributed by atoms with van der Waals surface area (Å²) in [5.41, 5.74) is 2.35. The zero-order valence-electron chi connectivity index (χ0n) is 15.8. The number of guanidine groups is 1. The minimum absolute atomic E-state index is 0.0953. The van der Waals surface area contributed by atoms with Crippen LogP contribution in [0.3, 0.4) is 0 Å². The number of nitrogens with one attached hydrogen (secondary N) is 2. The van der Waals surface area contributed by atoms with Gasteiger partial charge in [-0.25, -0.2) is 4.99 Å². The van der Waals surface area contributed by atoms with Crippen LogP contribution in [-0.2, 0) is 17.9 Å². The molecule has 1 heterocycles. The molecule has 2 rings (SSSR count). The fraction of sp³-hybridized carbons (Fsp3) is 0.421. The minimum Gasteiger partial charge on any atom is -0.357 e. The third kappa shape index (κ3) is 6.23. The van der Waals surface area contributed by atoms with Gasteiger partial charge in [0.1, 0.15) is 0 Å². The zero-order chi connectivity index (χ0) is 18.8. The predicted molar refractivity (Wildman–Crippen MR) is 104 cm³/mol. The Balaban J connectivity index is 1.99. The third-order valence-electron chi connectivity index (χ3n) is 3.89. The first-order valence-corrected chi connectivity index (χ1v) is 8.86. The highest BCUT2D eigenvalue weighted by Gasteiger charge is 2.06. The van der Waals surface area contributed by atoms with Gasteiger partial charge in [-0.15, -0.1) is 0 Å². The van der Waals surface area contributed by atoms with Crippen molar-refractivity contribution in [2.75, 3.05) is 27.2 Å². The summed E-state index contributed by atoms with van der Waals surface area (Å²) >= 11 is 0. The van der Waals surface area contributed by atoms with Gasteiger partial charge in [-0.2, -0.15) is 5.10 Å². The Labute approximate surface area is 155 Å². The second-order valence-electron chi connectivity index (χ2n) is 6.13. The maximum atomic E-state index is 11.7. The monoisotopic (exact) mass is 356 g/mol. The summed E-state index contributed by atoms with van der Waals surface area (Å²) in [6.07, 6.45) is 4.17. The second-order valence-corrected chi connectivity index (χ2v) is 6.13. The van der Waals surface area contributed by atoms with E-state index in [2.05, 4.69) is 32.9 Å². The molecule has 0 unspecified atom stereocenters. The lowest BCUT2D eigenvalue weighted by Gasteiger charge is -2.14. The van der Waals surface area contributed by atoms with E-state index in [0.29, 0.717) is 25.5 Å². The molecule has 7 heteroatoms. The van der Waals surface area contributed by atoms with E-state index in [1.165, 1.54) is 5.56 Å².